The maximum Gasteiger partial charge on any atom is 0.170 e. The van der Waals surface area contributed by atoms with E-state index in [1.165, 1.54) is 6.92 Å². The molecule has 0 atom stereocenters. The molecule has 18 heavy (non-hydrogen) atoms. The second kappa shape index (κ2) is 5.41. The Morgan fingerprint density at radius 2 is 1.39 bits per heavy atom. The molecule has 0 spiro atoms. The highest BCUT2D eigenvalue weighted by molar-refractivity contribution is 6.07. The Morgan fingerprint density at radius 1 is 0.833 bits per heavy atom. The van der Waals surface area contributed by atoms with Crippen LogP contribution in [0, 0.1) is 0 Å². The fourth-order valence-corrected chi connectivity index (χ4v) is 1.81. The van der Waals surface area contributed by atoms with Crippen LogP contribution in [0.25, 0.3) is 11.1 Å². The molecule has 2 aromatic rings. The molecule has 2 aromatic carbocycles. The van der Waals surface area contributed by atoms with Gasteiger partial charge in [0.1, 0.15) is 5.78 Å². The van der Waals surface area contributed by atoms with Gasteiger partial charge in [-0.2, -0.15) is 0 Å². The van der Waals surface area contributed by atoms with E-state index in [-0.39, 0.29) is 18.0 Å². The summed E-state index contributed by atoms with van der Waals surface area (Å²) in [5.74, 6) is -0.228. The molecule has 0 bridgehead atoms. The minimum atomic E-state index is -0.123. The molecule has 0 aromatic heterocycles. The Balaban J connectivity index is 2.20. The number of benzene rings is 2. The van der Waals surface area contributed by atoms with Crippen LogP contribution in [0.3, 0.4) is 0 Å². The summed E-state index contributed by atoms with van der Waals surface area (Å²) in [6, 6.07) is 17.3. The number of ketones is 2. The molecule has 0 unspecified atom stereocenters. The lowest BCUT2D eigenvalue weighted by Gasteiger charge is -2.03. The average Bonchev–Trinajstić information content (AvgIpc) is 2.39. The molecule has 0 aliphatic heterocycles. The second-order valence-electron chi connectivity index (χ2n) is 4.25. The molecule has 0 aliphatic rings. The van der Waals surface area contributed by atoms with Crippen molar-refractivity contribution in [2.75, 3.05) is 0 Å². The van der Waals surface area contributed by atoms with Crippen LogP contribution < -0.4 is 0 Å². The van der Waals surface area contributed by atoms with Gasteiger partial charge >= 0.3 is 0 Å². The highest BCUT2D eigenvalue weighted by Gasteiger charge is 2.08. The molecule has 0 saturated heterocycles. The van der Waals surface area contributed by atoms with E-state index < -0.39 is 0 Å². The van der Waals surface area contributed by atoms with Gasteiger partial charge in [0.15, 0.2) is 5.78 Å². The maximum atomic E-state index is 11.7. The zero-order valence-electron chi connectivity index (χ0n) is 10.2. The SMILES string of the molecule is CC(=O)CC(=O)c1ccc(-c2ccccc2)cc1. The summed E-state index contributed by atoms with van der Waals surface area (Å²) in [6.07, 6.45) is -0.0231. The lowest BCUT2D eigenvalue weighted by molar-refractivity contribution is -0.116. The van der Waals surface area contributed by atoms with E-state index in [1.807, 2.05) is 42.5 Å². The molecule has 2 nitrogen and oxygen atoms in total. The molecular formula is C16H14O2. The Labute approximate surface area is 106 Å². The highest BCUT2D eigenvalue weighted by Crippen LogP contribution is 2.19. The summed E-state index contributed by atoms with van der Waals surface area (Å²) in [5.41, 5.74) is 2.77. The Bertz CT molecular complexity index is 553. The Morgan fingerprint density at radius 3 is 1.94 bits per heavy atom. The summed E-state index contributed by atoms with van der Waals surface area (Å²) < 4.78 is 0. The largest absolute Gasteiger partial charge is 0.300 e. The van der Waals surface area contributed by atoms with Crippen molar-refractivity contribution in [1.29, 1.82) is 0 Å². The van der Waals surface area contributed by atoms with Crippen LogP contribution in [0.1, 0.15) is 23.7 Å². The lowest BCUT2D eigenvalue weighted by Crippen LogP contribution is -2.04. The minimum absolute atomic E-state index is 0.0231. The van der Waals surface area contributed by atoms with E-state index in [1.54, 1.807) is 12.1 Å². The van der Waals surface area contributed by atoms with Crippen molar-refractivity contribution in [3.05, 3.63) is 60.2 Å². The van der Waals surface area contributed by atoms with Gasteiger partial charge in [0.25, 0.3) is 0 Å². The molecule has 0 fully saturated rings. The fourth-order valence-electron chi connectivity index (χ4n) is 1.81. The molecule has 2 heteroatoms. The number of carbonyl (C=O) groups is 2. The molecule has 0 heterocycles. The van der Waals surface area contributed by atoms with Crippen LogP contribution >= 0.6 is 0 Å². The third-order valence-corrected chi connectivity index (χ3v) is 2.72. The van der Waals surface area contributed by atoms with Crippen LogP contribution in [0.2, 0.25) is 0 Å². The first-order valence-corrected chi connectivity index (χ1v) is 5.85. The van der Waals surface area contributed by atoms with Gasteiger partial charge in [-0.1, -0.05) is 54.6 Å². The molecule has 90 valence electrons. The van der Waals surface area contributed by atoms with Gasteiger partial charge < -0.3 is 0 Å². The van der Waals surface area contributed by atoms with Crippen LogP contribution in [0.5, 0.6) is 0 Å². The van der Waals surface area contributed by atoms with Crippen molar-refractivity contribution in [1.82, 2.24) is 0 Å². The van der Waals surface area contributed by atoms with E-state index >= 15 is 0 Å². The third kappa shape index (κ3) is 2.92. The molecule has 0 amide bonds. The molecular weight excluding hydrogens is 224 g/mol. The van der Waals surface area contributed by atoms with Gasteiger partial charge in [-0.15, -0.1) is 0 Å². The van der Waals surface area contributed by atoms with Crippen LogP contribution in [0.15, 0.2) is 54.6 Å². The number of hydrogen-bond acceptors (Lipinski definition) is 2. The van der Waals surface area contributed by atoms with Gasteiger partial charge in [0, 0.05) is 5.56 Å². The second-order valence-corrected chi connectivity index (χ2v) is 4.25. The van der Waals surface area contributed by atoms with Gasteiger partial charge in [-0.25, -0.2) is 0 Å². The summed E-state index contributed by atoms with van der Waals surface area (Å²) in [4.78, 5) is 22.6. The van der Waals surface area contributed by atoms with E-state index in [9.17, 15) is 9.59 Å². The highest BCUT2D eigenvalue weighted by atomic mass is 16.1. The van der Waals surface area contributed by atoms with Crippen molar-refractivity contribution < 1.29 is 9.59 Å². The monoisotopic (exact) mass is 238 g/mol. The van der Waals surface area contributed by atoms with E-state index in [2.05, 4.69) is 0 Å². The lowest BCUT2D eigenvalue weighted by atomic mass is 10.0. The number of carbonyl (C=O) groups excluding carboxylic acids is 2. The minimum Gasteiger partial charge on any atom is -0.300 e. The zero-order chi connectivity index (χ0) is 13.0. The molecule has 0 radical (unpaired) electrons. The van der Waals surface area contributed by atoms with E-state index in [0.29, 0.717) is 5.56 Å². The fraction of sp³-hybridized carbons (Fsp3) is 0.125. The van der Waals surface area contributed by atoms with Crippen molar-refractivity contribution >= 4 is 11.6 Å². The normalized spacial score (nSPS) is 10.1. The van der Waals surface area contributed by atoms with Crippen molar-refractivity contribution in [3.63, 3.8) is 0 Å². The Hall–Kier alpha value is -2.22. The topological polar surface area (TPSA) is 34.1 Å². The first-order valence-electron chi connectivity index (χ1n) is 5.85. The van der Waals surface area contributed by atoms with Crippen LogP contribution in [-0.4, -0.2) is 11.6 Å². The van der Waals surface area contributed by atoms with Gasteiger partial charge in [0.05, 0.1) is 6.42 Å². The third-order valence-electron chi connectivity index (χ3n) is 2.72. The summed E-state index contributed by atoms with van der Waals surface area (Å²) in [5, 5.41) is 0. The number of rotatable bonds is 4. The van der Waals surface area contributed by atoms with Crippen LogP contribution in [-0.2, 0) is 4.79 Å². The molecule has 0 N–H and O–H groups in total. The Kier molecular flexibility index (Phi) is 3.68. The van der Waals surface area contributed by atoms with E-state index in [4.69, 9.17) is 0 Å². The predicted molar refractivity (Wildman–Crippen MR) is 71.5 cm³/mol. The summed E-state index contributed by atoms with van der Waals surface area (Å²) in [6.45, 7) is 1.43. The van der Waals surface area contributed by atoms with Crippen LogP contribution in [0.4, 0.5) is 0 Å². The quantitative estimate of drug-likeness (QED) is 0.603. The maximum absolute atomic E-state index is 11.7. The van der Waals surface area contributed by atoms with Gasteiger partial charge in [-0.3, -0.25) is 9.59 Å². The summed E-state index contributed by atoms with van der Waals surface area (Å²) >= 11 is 0. The number of hydrogen-bond donors (Lipinski definition) is 0. The number of Topliss-reactive ketones (excluding diaryl/α,β-unsaturated/α-hetero) is 2. The van der Waals surface area contributed by atoms with Gasteiger partial charge in [0.2, 0.25) is 0 Å². The first-order chi connectivity index (χ1) is 8.66. The van der Waals surface area contributed by atoms with Crippen molar-refractivity contribution in [3.8, 4) is 11.1 Å². The van der Waals surface area contributed by atoms with Crippen molar-refractivity contribution in [2.45, 2.75) is 13.3 Å². The molecule has 0 aliphatic carbocycles. The average molecular weight is 238 g/mol. The molecule has 2 rings (SSSR count). The van der Waals surface area contributed by atoms with E-state index in [0.717, 1.165) is 11.1 Å². The van der Waals surface area contributed by atoms with Gasteiger partial charge in [-0.05, 0) is 18.1 Å². The van der Waals surface area contributed by atoms with Crippen molar-refractivity contribution in [2.24, 2.45) is 0 Å². The smallest absolute Gasteiger partial charge is 0.170 e. The predicted octanol–water partition coefficient (Wildman–Crippen LogP) is 3.52. The molecule has 0 saturated carbocycles. The first kappa shape index (κ1) is 12.2. The standard InChI is InChI=1S/C16H14O2/c1-12(17)11-16(18)15-9-7-14(8-10-15)13-5-3-2-4-6-13/h2-10H,11H2,1H3. The summed E-state index contributed by atoms with van der Waals surface area (Å²) in [7, 11) is 0. The zero-order valence-corrected chi connectivity index (χ0v) is 10.2.